The number of nitrogens with zero attached hydrogens (tertiary/aromatic N) is 1. The van der Waals surface area contributed by atoms with E-state index in [1.807, 2.05) is 11.3 Å². The Morgan fingerprint density at radius 3 is 2.69 bits per heavy atom. The number of rotatable bonds is 2. The normalized spacial score (nSPS) is 24.7. The fourth-order valence-electron chi connectivity index (χ4n) is 2.16. The molecule has 3 rings (SSSR count). The molecule has 0 atom stereocenters. The highest BCUT2D eigenvalue weighted by Crippen LogP contribution is 2.53. The van der Waals surface area contributed by atoms with Crippen LogP contribution in [0.4, 0.5) is 0 Å². The maximum absolute atomic E-state index is 3.50. The van der Waals surface area contributed by atoms with Crippen molar-refractivity contribution in [3.05, 3.63) is 20.8 Å². The molecule has 13 heavy (non-hydrogen) atoms. The largest absolute Gasteiger partial charge is 0.297 e. The predicted octanol–water partition coefficient (Wildman–Crippen LogP) is 3.11. The van der Waals surface area contributed by atoms with E-state index in [1.54, 1.807) is 0 Å². The summed E-state index contributed by atoms with van der Waals surface area (Å²) < 4.78 is 1.25. The van der Waals surface area contributed by atoms with Crippen molar-refractivity contribution >= 4 is 27.3 Å². The smallest absolute Gasteiger partial charge is 0.0701 e. The minimum Gasteiger partial charge on any atom is -0.297 e. The van der Waals surface area contributed by atoms with Gasteiger partial charge < -0.3 is 0 Å². The lowest BCUT2D eigenvalue weighted by atomic mass is 9.97. The van der Waals surface area contributed by atoms with Crippen molar-refractivity contribution in [1.29, 1.82) is 0 Å². The molecule has 2 aliphatic rings. The number of hydrogen-bond donors (Lipinski definition) is 0. The van der Waals surface area contributed by atoms with Gasteiger partial charge in [-0.15, -0.1) is 11.3 Å². The zero-order valence-corrected chi connectivity index (χ0v) is 9.83. The van der Waals surface area contributed by atoms with Gasteiger partial charge in [0.05, 0.1) is 3.79 Å². The maximum atomic E-state index is 3.50. The quantitative estimate of drug-likeness (QED) is 0.787. The summed E-state index contributed by atoms with van der Waals surface area (Å²) in [5.74, 6) is 0. The molecule has 1 saturated carbocycles. The van der Waals surface area contributed by atoms with E-state index >= 15 is 0 Å². The van der Waals surface area contributed by atoms with E-state index in [-0.39, 0.29) is 0 Å². The Labute approximate surface area is 90.9 Å². The van der Waals surface area contributed by atoms with Gasteiger partial charge in [0, 0.05) is 24.5 Å². The van der Waals surface area contributed by atoms with Gasteiger partial charge in [-0.25, -0.2) is 0 Å². The molecule has 3 heteroatoms. The zero-order valence-electron chi connectivity index (χ0n) is 7.42. The van der Waals surface area contributed by atoms with Gasteiger partial charge in [-0.3, -0.25) is 4.90 Å². The third-order valence-corrected chi connectivity index (χ3v) is 4.69. The van der Waals surface area contributed by atoms with E-state index in [1.165, 1.54) is 34.6 Å². The van der Waals surface area contributed by atoms with Crippen LogP contribution in [0.25, 0.3) is 0 Å². The number of thiophene rings is 1. The van der Waals surface area contributed by atoms with Gasteiger partial charge in [-0.2, -0.15) is 0 Å². The van der Waals surface area contributed by atoms with Crippen LogP contribution in [-0.2, 0) is 6.54 Å². The monoisotopic (exact) mass is 257 g/mol. The van der Waals surface area contributed by atoms with Crippen LogP contribution in [0.2, 0.25) is 0 Å². The Morgan fingerprint density at radius 2 is 2.15 bits per heavy atom. The van der Waals surface area contributed by atoms with E-state index in [0.29, 0.717) is 0 Å². The second-order valence-corrected chi connectivity index (χ2v) is 6.90. The van der Waals surface area contributed by atoms with Gasteiger partial charge in [0.1, 0.15) is 0 Å². The van der Waals surface area contributed by atoms with E-state index in [2.05, 4.69) is 33.0 Å². The van der Waals surface area contributed by atoms with Gasteiger partial charge in [-0.05, 0) is 46.3 Å². The molecule has 0 N–H and O–H groups in total. The summed E-state index contributed by atoms with van der Waals surface area (Å²) in [4.78, 5) is 4.05. The third kappa shape index (κ3) is 1.58. The minimum atomic E-state index is 0.800. The summed E-state index contributed by atoms with van der Waals surface area (Å²) in [6, 6.07) is 4.37. The Balaban J connectivity index is 1.58. The first-order valence-corrected chi connectivity index (χ1v) is 6.33. The number of likely N-dealkylation sites (tertiary alicyclic amines) is 1. The van der Waals surface area contributed by atoms with Crippen LogP contribution in [0.3, 0.4) is 0 Å². The third-order valence-electron chi connectivity index (χ3n) is 3.08. The maximum Gasteiger partial charge on any atom is 0.0701 e. The summed E-state index contributed by atoms with van der Waals surface area (Å²) in [6.07, 6.45) is 2.97. The van der Waals surface area contributed by atoms with Crippen LogP contribution in [0.15, 0.2) is 15.9 Å². The summed E-state index contributed by atoms with van der Waals surface area (Å²) in [7, 11) is 0. The molecule has 2 fully saturated rings. The fourth-order valence-corrected chi connectivity index (χ4v) is 3.69. The summed E-state index contributed by atoms with van der Waals surface area (Å²) in [6.45, 7) is 3.86. The van der Waals surface area contributed by atoms with Crippen molar-refractivity contribution < 1.29 is 0 Å². The van der Waals surface area contributed by atoms with Gasteiger partial charge in [0.2, 0.25) is 0 Å². The molecule has 0 amide bonds. The highest BCUT2D eigenvalue weighted by molar-refractivity contribution is 9.11. The highest BCUT2D eigenvalue weighted by Gasteiger charge is 2.51. The van der Waals surface area contributed by atoms with E-state index in [9.17, 15) is 0 Å². The molecule has 0 radical (unpaired) electrons. The van der Waals surface area contributed by atoms with Crippen LogP contribution in [0.1, 0.15) is 17.7 Å². The van der Waals surface area contributed by atoms with Crippen molar-refractivity contribution in [1.82, 2.24) is 4.90 Å². The average Bonchev–Trinajstić information content (AvgIpc) is 2.70. The number of halogens is 1. The lowest BCUT2D eigenvalue weighted by Gasteiger charge is -2.39. The molecule has 1 aromatic heterocycles. The lowest BCUT2D eigenvalue weighted by molar-refractivity contribution is 0.0750. The van der Waals surface area contributed by atoms with Crippen LogP contribution < -0.4 is 0 Å². The lowest BCUT2D eigenvalue weighted by Crippen LogP contribution is -2.47. The van der Waals surface area contributed by atoms with Crippen molar-refractivity contribution in [3.63, 3.8) is 0 Å². The molecule has 70 valence electrons. The number of hydrogen-bond acceptors (Lipinski definition) is 2. The highest BCUT2D eigenvalue weighted by atomic mass is 79.9. The van der Waals surface area contributed by atoms with E-state index in [0.717, 1.165) is 12.0 Å². The summed E-state index contributed by atoms with van der Waals surface area (Å²) in [5.41, 5.74) is 0.800. The molecule has 0 aromatic carbocycles. The standard InChI is InChI=1S/C10H12BrNS/c11-9-2-1-8(13-9)5-12-6-10(7-12)3-4-10/h1-2H,3-7H2. The van der Waals surface area contributed by atoms with Crippen molar-refractivity contribution in [2.75, 3.05) is 13.1 Å². The first-order valence-electron chi connectivity index (χ1n) is 4.72. The average molecular weight is 258 g/mol. The Kier molecular flexibility index (Phi) is 1.83. The van der Waals surface area contributed by atoms with Crippen LogP contribution in [0, 0.1) is 5.41 Å². The molecule has 1 aromatic rings. The van der Waals surface area contributed by atoms with Crippen LogP contribution >= 0.6 is 27.3 Å². The Morgan fingerprint density at radius 1 is 1.38 bits per heavy atom. The Bertz CT molecular complexity index is 321. The van der Waals surface area contributed by atoms with Crippen LogP contribution in [0.5, 0.6) is 0 Å². The van der Waals surface area contributed by atoms with Gasteiger partial charge in [0.25, 0.3) is 0 Å². The van der Waals surface area contributed by atoms with Gasteiger partial charge in [-0.1, -0.05) is 0 Å². The van der Waals surface area contributed by atoms with Crippen molar-refractivity contribution in [3.8, 4) is 0 Å². The second-order valence-electron chi connectivity index (χ2n) is 4.35. The molecule has 1 spiro atoms. The minimum absolute atomic E-state index is 0.800. The molecule has 1 nitrogen and oxygen atoms in total. The fraction of sp³-hybridized carbons (Fsp3) is 0.600. The molecular formula is C10H12BrNS. The zero-order chi connectivity index (χ0) is 8.89. The summed E-state index contributed by atoms with van der Waals surface area (Å²) in [5, 5.41) is 0. The molecule has 2 heterocycles. The molecule has 0 unspecified atom stereocenters. The van der Waals surface area contributed by atoms with Gasteiger partial charge >= 0.3 is 0 Å². The van der Waals surface area contributed by atoms with Gasteiger partial charge in [0.15, 0.2) is 0 Å². The molecule has 1 aliphatic heterocycles. The first kappa shape index (κ1) is 8.45. The van der Waals surface area contributed by atoms with E-state index < -0.39 is 0 Å². The second kappa shape index (κ2) is 2.81. The molecule has 1 aliphatic carbocycles. The topological polar surface area (TPSA) is 3.24 Å². The summed E-state index contributed by atoms with van der Waals surface area (Å²) >= 11 is 5.36. The van der Waals surface area contributed by atoms with E-state index in [4.69, 9.17) is 0 Å². The molecule has 1 saturated heterocycles. The van der Waals surface area contributed by atoms with Crippen LogP contribution in [-0.4, -0.2) is 18.0 Å². The van der Waals surface area contributed by atoms with Crippen molar-refractivity contribution in [2.45, 2.75) is 19.4 Å². The SMILES string of the molecule is Brc1ccc(CN2CC3(CC3)C2)s1. The molecule has 0 bridgehead atoms. The van der Waals surface area contributed by atoms with Crippen molar-refractivity contribution in [2.24, 2.45) is 5.41 Å². The predicted molar refractivity (Wildman–Crippen MR) is 59.0 cm³/mol. The first-order chi connectivity index (χ1) is 6.26. The molecular weight excluding hydrogens is 246 g/mol. The Hall–Kier alpha value is 0.140.